The van der Waals surface area contributed by atoms with Gasteiger partial charge in [-0.05, 0) is 60.2 Å². The van der Waals surface area contributed by atoms with Gasteiger partial charge in [0.05, 0.1) is 16.9 Å². The van der Waals surface area contributed by atoms with Gasteiger partial charge >= 0.3 is 6.18 Å². The minimum atomic E-state index is -4.90. The van der Waals surface area contributed by atoms with Crippen molar-refractivity contribution < 1.29 is 27.2 Å². The van der Waals surface area contributed by atoms with Crippen molar-refractivity contribution in [3.8, 4) is 11.3 Å². The number of pyridine rings is 1. The van der Waals surface area contributed by atoms with Crippen molar-refractivity contribution in [2.45, 2.75) is 6.18 Å². The second-order valence-corrected chi connectivity index (χ2v) is 8.23. The van der Waals surface area contributed by atoms with Crippen molar-refractivity contribution in [3.63, 3.8) is 0 Å². The van der Waals surface area contributed by atoms with Crippen LogP contribution in [-0.4, -0.2) is 23.8 Å². The lowest BCUT2D eigenvalue weighted by atomic mass is 10.1. The number of alkyl halides is 3. The molecule has 0 aliphatic heterocycles. The van der Waals surface area contributed by atoms with Gasteiger partial charge in [-0.15, -0.1) is 0 Å². The molecule has 0 unspecified atom stereocenters. The number of amides is 2. The SMILES string of the molecule is CN(C(=O)c1cccc(C=CC(=O)Nc2ccccc2-c2ccccn2)c1)c1ccc(F)c(C(F)(F)F)c1. The van der Waals surface area contributed by atoms with Gasteiger partial charge in [0.25, 0.3) is 5.91 Å². The van der Waals surface area contributed by atoms with E-state index in [0.717, 1.165) is 16.5 Å². The van der Waals surface area contributed by atoms with Gasteiger partial charge in [-0.3, -0.25) is 14.6 Å². The van der Waals surface area contributed by atoms with Crippen molar-refractivity contribution in [1.82, 2.24) is 4.98 Å². The first kappa shape index (κ1) is 26.3. The van der Waals surface area contributed by atoms with Gasteiger partial charge in [0.2, 0.25) is 5.91 Å². The molecule has 4 rings (SSSR count). The first-order valence-corrected chi connectivity index (χ1v) is 11.4. The fourth-order valence-corrected chi connectivity index (χ4v) is 3.71. The second kappa shape index (κ2) is 11.1. The molecule has 4 aromatic rings. The van der Waals surface area contributed by atoms with Crippen LogP contribution in [0.1, 0.15) is 21.5 Å². The Balaban J connectivity index is 1.49. The molecule has 0 bridgehead atoms. The van der Waals surface area contributed by atoms with Crippen LogP contribution in [0, 0.1) is 5.82 Å². The number of nitrogens with zero attached hydrogens (tertiary/aromatic N) is 2. The molecule has 1 heterocycles. The van der Waals surface area contributed by atoms with E-state index in [1.54, 1.807) is 36.5 Å². The van der Waals surface area contributed by atoms with Gasteiger partial charge in [-0.1, -0.05) is 36.4 Å². The normalized spacial score (nSPS) is 11.4. The van der Waals surface area contributed by atoms with E-state index in [2.05, 4.69) is 10.3 Å². The number of hydrogen-bond acceptors (Lipinski definition) is 3. The lowest BCUT2D eigenvalue weighted by Gasteiger charge is -2.19. The molecule has 38 heavy (non-hydrogen) atoms. The van der Waals surface area contributed by atoms with Crippen molar-refractivity contribution >= 4 is 29.3 Å². The van der Waals surface area contributed by atoms with Crippen LogP contribution in [0.15, 0.2) is 97.2 Å². The first-order chi connectivity index (χ1) is 18.1. The number of anilines is 2. The zero-order chi connectivity index (χ0) is 27.3. The fourth-order valence-electron chi connectivity index (χ4n) is 3.71. The van der Waals surface area contributed by atoms with Gasteiger partial charge in [0.1, 0.15) is 5.82 Å². The van der Waals surface area contributed by atoms with Gasteiger partial charge in [0.15, 0.2) is 0 Å². The summed E-state index contributed by atoms with van der Waals surface area (Å²) in [6, 6.07) is 21.3. The molecule has 0 aliphatic carbocycles. The topological polar surface area (TPSA) is 62.3 Å². The minimum Gasteiger partial charge on any atom is -0.322 e. The number of carbonyl (C=O) groups is 2. The van der Waals surface area contributed by atoms with E-state index in [4.69, 9.17) is 0 Å². The number of carbonyl (C=O) groups excluding carboxylic acids is 2. The van der Waals surface area contributed by atoms with Crippen LogP contribution in [0.25, 0.3) is 17.3 Å². The Morgan fingerprint density at radius 3 is 2.42 bits per heavy atom. The molecule has 0 aliphatic rings. The van der Waals surface area contributed by atoms with Crippen molar-refractivity contribution in [3.05, 3.63) is 120 Å². The van der Waals surface area contributed by atoms with Crippen LogP contribution in [0.3, 0.4) is 0 Å². The molecule has 0 saturated carbocycles. The average Bonchev–Trinajstić information content (AvgIpc) is 2.91. The number of aromatic nitrogens is 1. The van der Waals surface area contributed by atoms with E-state index in [1.165, 1.54) is 31.3 Å². The molecule has 1 N–H and O–H groups in total. The van der Waals surface area contributed by atoms with Crippen LogP contribution in [0.2, 0.25) is 0 Å². The third kappa shape index (κ3) is 6.12. The summed E-state index contributed by atoms with van der Waals surface area (Å²) in [6.45, 7) is 0. The number of nitrogens with one attached hydrogen (secondary N) is 1. The van der Waals surface area contributed by atoms with Crippen LogP contribution in [-0.2, 0) is 11.0 Å². The van der Waals surface area contributed by atoms with Crippen molar-refractivity contribution in [1.29, 1.82) is 0 Å². The number of halogens is 4. The molecule has 2 amide bonds. The molecular formula is C29H21F4N3O2. The second-order valence-electron chi connectivity index (χ2n) is 8.23. The molecule has 0 radical (unpaired) electrons. The van der Waals surface area contributed by atoms with Crippen molar-refractivity contribution in [2.24, 2.45) is 0 Å². The molecule has 0 saturated heterocycles. The lowest BCUT2D eigenvalue weighted by Crippen LogP contribution is -2.26. The van der Waals surface area contributed by atoms with E-state index in [1.807, 2.05) is 24.3 Å². The van der Waals surface area contributed by atoms with E-state index in [9.17, 15) is 27.2 Å². The zero-order valence-electron chi connectivity index (χ0n) is 20.0. The summed E-state index contributed by atoms with van der Waals surface area (Å²) in [5.41, 5.74) is 1.15. The molecule has 0 fully saturated rings. The lowest BCUT2D eigenvalue weighted by molar-refractivity contribution is -0.140. The fraction of sp³-hybridized carbons (Fsp3) is 0.0690. The molecule has 9 heteroatoms. The molecular weight excluding hydrogens is 498 g/mol. The third-order valence-corrected chi connectivity index (χ3v) is 5.63. The van der Waals surface area contributed by atoms with E-state index in [-0.39, 0.29) is 11.3 Å². The number of rotatable bonds is 6. The van der Waals surface area contributed by atoms with Gasteiger partial charge in [0, 0.05) is 36.1 Å². The van der Waals surface area contributed by atoms with E-state index in [0.29, 0.717) is 29.1 Å². The summed E-state index contributed by atoms with van der Waals surface area (Å²) in [5, 5.41) is 2.81. The van der Waals surface area contributed by atoms with Gasteiger partial charge < -0.3 is 10.2 Å². The average molecular weight is 519 g/mol. The van der Waals surface area contributed by atoms with Gasteiger partial charge in [-0.2, -0.15) is 13.2 Å². The van der Waals surface area contributed by atoms with Gasteiger partial charge in [-0.25, -0.2) is 4.39 Å². The maximum Gasteiger partial charge on any atom is 0.419 e. The van der Waals surface area contributed by atoms with Crippen molar-refractivity contribution in [2.75, 3.05) is 17.3 Å². The molecule has 3 aromatic carbocycles. The number of benzene rings is 3. The van der Waals surface area contributed by atoms with Crippen LogP contribution in [0.5, 0.6) is 0 Å². The number of hydrogen-bond donors (Lipinski definition) is 1. The predicted molar refractivity (Wildman–Crippen MR) is 138 cm³/mol. The maximum atomic E-state index is 13.6. The highest BCUT2D eigenvalue weighted by Crippen LogP contribution is 2.34. The highest BCUT2D eigenvalue weighted by molar-refractivity contribution is 6.07. The summed E-state index contributed by atoms with van der Waals surface area (Å²) in [5.74, 6) is -2.43. The minimum absolute atomic E-state index is 0.115. The summed E-state index contributed by atoms with van der Waals surface area (Å²) in [6.07, 6.45) is -0.425. The highest BCUT2D eigenvalue weighted by atomic mass is 19.4. The van der Waals surface area contributed by atoms with E-state index >= 15 is 0 Å². The summed E-state index contributed by atoms with van der Waals surface area (Å²) < 4.78 is 52.9. The smallest absolute Gasteiger partial charge is 0.322 e. The third-order valence-electron chi connectivity index (χ3n) is 5.63. The summed E-state index contributed by atoms with van der Waals surface area (Å²) in [7, 11) is 1.30. The van der Waals surface area contributed by atoms with Crippen LogP contribution >= 0.6 is 0 Å². The molecule has 0 atom stereocenters. The standard InChI is InChI=1S/C29H21F4N3O2/c1-36(21-13-14-24(30)23(18-21)29(31,32)33)28(38)20-8-6-7-19(17-20)12-15-27(37)35-26-11-3-2-9-22(26)25-10-4-5-16-34-25/h2-18H,1H3,(H,35,37). The quantitative estimate of drug-likeness (QED) is 0.224. The Hall–Kier alpha value is -4.79. The number of para-hydroxylation sites is 1. The summed E-state index contributed by atoms with van der Waals surface area (Å²) in [4.78, 5) is 30.9. The maximum absolute atomic E-state index is 13.6. The highest BCUT2D eigenvalue weighted by Gasteiger charge is 2.34. The molecule has 0 spiro atoms. The Bertz CT molecular complexity index is 1500. The molecule has 1 aromatic heterocycles. The van der Waals surface area contributed by atoms with Crippen LogP contribution < -0.4 is 10.2 Å². The Labute approximate surface area is 216 Å². The largest absolute Gasteiger partial charge is 0.419 e. The first-order valence-electron chi connectivity index (χ1n) is 11.4. The molecule has 5 nitrogen and oxygen atoms in total. The Morgan fingerprint density at radius 2 is 1.68 bits per heavy atom. The molecule has 192 valence electrons. The van der Waals surface area contributed by atoms with Crippen LogP contribution in [0.4, 0.5) is 28.9 Å². The summed E-state index contributed by atoms with van der Waals surface area (Å²) >= 11 is 0. The zero-order valence-corrected chi connectivity index (χ0v) is 20.0. The Morgan fingerprint density at radius 1 is 0.921 bits per heavy atom. The predicted octanol–water partition coefficient (Wildman–Crippen LogP) is 6.84. The van der Waals surface area contributed by atoms with E-state index < -0.39 is 29.4 Å². The Kier molecular flexibility index (Phi) is 7.66. The monoisotopic (exact) mass is 519 g/mol.